The molecule has 0 saturated heterocycles. The van der Waals surface area contributed by atoms with Crippen molar-refractivity contribution in [3.05, 3.63) is 48.1 Å². The Morgan fingerprint density at radius 1 is 1.50 bits per heavy atom. The number of nitrogens with two attached hydrogens (primary N) is 1. The molecule has 1 aromatic carbocycles. The summed E-state index contributed by atoms with van der Waals surface area (Å²) in [5.74, 6) is 0.155. The monoisotopic (exact) mass is 277 g/mol. The molecule has 0 aliphatic carbocycles. The first-order valence-electron chi connectivity index (χ1n) is 6.10. The quantitative estimate of drug-likeness (QED) is 0.863. The molecule has 1 amide bonds. The highest BCUT2D eigenvalue weighted by Crippen LogP contribution is 2.32. The van der Waals surface area contributed by atoms with Crippen LogP contribution in [0.4, 0.5) is 4.39 Å². The van der Waals surface area contributed by atoms with Gasteiger partial charge in [0.15, 0.2) is 0 Å². The molecule has 3 N–H and O–H groups in total. The molecule has 0 aromatic heterocycles. The molecule has 2 rings (SSSR count). The Kier molecular flexibility index (Phi) is 4.05. The molecule has 1 aromatic rings. The maximum absolute atomic E-state index is 13.5. The van der Waals surface area contributed by atoms with Gasteiger partial charge in [0.25, 0.3) is 5.91 Å². The van der Waals surface area contributed by atoms with Crippen LogP contribution < -0.4 is 15.8 Å². The van der Waals surface area contributed by atoms with E-state index in [4.69, 9.17) is 10.5 Å². The average Bonchev–Trinajstić information content (AvgIpc) is 2.41. The van der Waals surface area contributed by atoms with Crippen molar-refractivity contribution in [3.8, 4) is 5.75 Å². The number of nitrogens with one attached hydrogen (secondary N) is 1. The topological polar surface area (TPSA) is 67.6 Å². The molecule has 0 spiro atoms. The largest absolute Gasteiger partial charge is 0.496 e. The zero-order valence-corrected chi connectivity index (χ0v) is 11.1. The van der Waals surface area contributed by atoms with E-state index in [-0.39, 0.29) is 5.91 Å². The summed E-state index contributed by atoms with van der Waals surface area (Å²) in [5, 5.41) is 2.59. The molecular weight excluding hydrogens is 261 g/mol. The van der Waals surface area contributed by atoms with Gasteiger partial charge in [0.05, 0.1) is 12.8 Å². The van der Waals surface area contributed by atoms with E-state index in [0.29, 0.717) is 35.9 Å². The lowest BCUT2D eigenvalue weighted by Crippen LogP contribution is -2.40. The van der Waals surface area contributed by atoms with Gasteiger partial charge < -0.3 is 20.7 Å². The highest BCUT2D eigenvalue weighted by molar-refractivity contribution is 5.98. The van der Waals surface area contributed by atoms with Gasteiger partial charge in [0, 0.05) is 24.7 Å². The summed E-state index contributed by atoms with van der Waals surface area (Å²) in [5.41, 5.74) is 6.57. The summed E-state index contributed by atoms with van der Waals surface area (Å²) < 4.78 is 18.7. The predicted molar refractivity (Wildman–Crippen MR) is 74.0 cm³/mol. The summed E-state index contributed by atoms with van der Waals surface area (Å²) >= 11 is 0. The van der Waals surface area contributed by atoms with Crippen LogP contribution in [0.25, 0.3) is 5.70 Å². The second kappa shape index (κ2) is 5.75. The minimum Gasteiger partial charge on any atom is -0.496 e. The molecule has 0 fully saturated rings. The lowest BCUT2D eigenvalue weighted by Gasteiger charge is -2.32. The van der Waals surface area contributed by atoms with Crippen LogP contribution in [0.5, 0.6) is 5.75 Å². The number of carbonyl (C=O) groups excluding carboxylic acids is 1. The van der Waals surface area contributed by atoms with E-state index < -0.39 is 5.82 Å². The normalized spacial score (nSPS) is 14.9. The third-order valence-electron chi connectivity index (χ3n) is 2.94. The first kappa shape index (κ1) is 14.1. The molecule has 0 unspecified atom stereocenters. The molecular formula is C14H16FN3O2. The minimum absolute atomic E-state index is 0.315. The number of nitrogens with zero attached hydrogens (tertiary/aromatic N) is 1. The van der Waals surface area contributed by atoms with Crippen molar-refractivity contribution in [3.63, 3.8) is 0 Å². The molecule has 106 valence electrons. The smallest absolute Gasteiger partial charge is 0.251 e. The Hall–Kier alpha value is -2.34. The number of hydrogen-bond acceptors (Lipinski definition) is 4. The Bertz CT molecular complexity index is 584. The second-order valence-electron chi connectivity index (χ2n) is 4.25. The Labute approximate surface area is 116 Å². The van der Waals surface area contributed by atoms with Gasteiger partial charge in [-0.25, -0.2) is 4.39 Å². The number of carbonyl (C=O) groups is 1. The van der Waals surface area contributed by atoms with Crippen molar-refractivity contribution in [2.24, 2.45) is 5.73 Å². The lowest BCUT2D eigenvalue weighted by atomic mass is 10.1. The summed E-state index contributed by atoms with van der Waals surface area (Å²) in [6.45, 7) is 4.60. The number of methoxy groups -OCH3 is 1. The molecule has 1 aliphatic rings. The fourth-order valence-corrected chi connectivity index (χ4v) is 2.08. The van der Waals surface area contributed by atoms with Crippen molar-refractivity contribution in [2.45, 2.75) is 0 Å². The molecule has 0 saturated carbocycles. The van der Waals surface area contributed by atoms with Crippen LogP contribution in [0.15, 0.2) is 36.7 Å². The van der Waals surface area contributed by atoms with Gasteiger partial charge in [-0.1, -0.05) is 6.58 Å². The molecule has 0 bridgehead atoms. The van der Waals surface area contributed by atoms with Crippen molar-refractivity contribution in [1.29, 1.82) is 0 Å². The second-order valence-corrected chi connectivity index (χ2v) is 4.25. The summed E-state index contributed by atoms with van der Waals surface area (Å²) in [7, 11) is 1.49. The van der Waals surface area contributed by atoms with Gasteiger partial charge in [0.2, 0.25) is 0 Å². The molecule has 20 heavy (non-hydrogen) atoms. The summed E-state index contributed by atoms with van der Waals surface area (Å²) in [6.07, 6.45) is 1.38. The number of ether oxygens (including phenoxy) is 1. The van der Waals surface area contributed by atoms with Gasteiger partial charge in [-0.3, -0.25) is 4.79 Å². The zero-order chi connectivity index (χ0) is 14.7. The maximum atomic E-state index is 13.5. The SMILES string of the molecule is C=C1NC(=O)C=C(c2cc(F)ccc2OC)N1CCN. The van der Waals surface area contributed by atoms with Crippen LogP contribution in [0.1, 0.15) is 5.56 Å². The van der Waals surface area contributed by atoms with Gasteiger partial charge in [-0.2, -0.15) is 0 Å². The van der Waals surface area contributed by atoms with Crippen molar-refractivity contribution >= 4 is 11.6 Å². The fraction of sp³-hybridized carbons (Fsp3) is 0.214. The fourth-order valence-electron chi connectivity index (χ4n) is 2.08. The Morgan fingerprint density at radius 2 is 2.25 bits per heavy atom. The lowest BCUT2D eigenvalue weighted by molar-refractivity contribution is -0.116. The summed E-state index contributed by atoms with van der Waals surface area (Å²) in [4.78, 5) is 13.4. The van der Waals surface area contributed by atoms with E-state index in [1.165, 1.54) is 31.4 Å². The molecule has 1 aliphatic heterocycles. The van der Waals surface area contributed by atoms with Crippen LogP contribution in [-0.2, 0) is 4.79 Å². The van der Waals surface area contributed by atoms with Crippen LogP contribution in [-0.4, -0.2) is 31.0 Å². The third-order valence-corrected chi connectivity index (χ3v) is 2.94. The predicted octanol–water partition coefficient (Wildman–Crippen LogP) is 1.04. The Morgan fingerprint density at radius 3 is 2.90 bits per heavy atom. The van der Waals surface area contributed by atoms with E-state index in [2.05, 4.69) is 11.9 Å². The molecule has 0 radical (unpaired) electrons. The van der Waals surface area contributed by atoms with Crippen LogP contribution >= 0.6 is 0 Å². The highest BCUT2D eigenvalue weighted by atomic mass is 19.1. The van der Waals surface area contributed by atoms with Gasteiger partial charge in [-0.05, 0) is 18.2 Å². The van der Waals surface area contributed by atoms with Crippen molar-refractivity contribution in [2.75, 3.05) is 20.2 Å². The van der Waals surface area contributed by atoms with E-state index in [1.54, 1.807) is 4.90 Å². The number of rotatable bonds is 4. The van der Waals surface area contributed by atoms with Gasteiger partial charge in [-0.15, -0.1) is 0 Å². The van der Waals surface area contributed by atoms with Gasteiger partial charge in [0.1, 0.15) is 17.4 Å². The molecule has 6 heteroatoms. The first-order chi connectivity index (χ1) is 9.56. The van der Waals surface area contributed by atoms with Gasteiger partial charge >= 0.3 is 0 Å². The molecule has 0 atom stereocenters. The number of amides is 1. The number of hydrogen-bond donors (Lipinski definition) is 2. The Balaban J connectivity index is 2.54. The van der Waals surface area contributed by atoms with Crippen LogP contribution in [0.2, 0.25) is 0 Å². The highest BCUT2D eigenvalue weighted by Gasteiger charge is 2.24. The third kappa shape index (κ3) is 2.65. The van der Waals surface area contributed by atoms with Crippen molar-refractivity contribution in [1.82, 2.24) is 10.2 Å². The van der Waals surface area contributed by atoms with E-state index >= 15 is 0 Å². The van der Waals surface area contributed by atoms with Crippen molar-refractivity contribution < 1.29 is 13.9 Å². The summed E-state index contributed by atoms with van der Waals surface area (Å²) in [6, 6.07) is 4.13. The standard InChI is InChI=1S/C14H16FN3O2/c1-9-17-14(19)8-12(18(9)6-5-16)11-7-10(15)3-4-13(11)20-2/h3-4,7-8H,1,5-6,16H2,2H3,(H,17,19). The van der Waals surface area contributed by atoms with Crippen LogP contribution in [0, 0.1) is 5.82 Å². The van der Waals surface area contributed by atoms with E-state index in [9.17, 15) is 9.18 Å². The van der Waals surface area contributed by atoms with E-state index in [0.717, 1.165) is 0 Å². The zero-order valence-electron chi connectivity index (χ0n) is 11.1. The number of benzene rings is 1. The number of halogens is 1. The first-order valence-corrected chi connectivity index (χ1v) is 6.10. The van der Waals surface area contributed by atoms with E-state index in [1.807, 2.05) is 0 Å². The average molecular weight is 277 g/mol. The maximum Gasteiger partial charge on any atom is 0.251 e. The molecule has 5 nitrogen and oxygen atoms in total. The minimum atomic E-state index is -0.411. The molecule has 1 heterocycles. The van der Waals surface area contributed by atoms with Crippen LogP contribution in [0.3, 0.4) is 0 Å².